The molecule has 0 aliphatic heterocycles. The predicted molar refractivity (Wildman–Crippen MR) is 93.5 cm³/mol. The fourth-order valence-electron chi connectivity index (χ4n) is 2.10. The van der Waals surface area contributed by atoms with Gasteiger partial charge in [-0.05, 0) is 38.5 Å². The summed E-state index contributed by atoms with van der Waals surface area (Å²) in [6.45, 7) is 8.63. The Hall–Kier alpha value is -1.95. The average molecular weight is 323 g/mol. The molecule has 23 heavy (non-hydrogen) atoms. The third-order valence-corrected chi connectivity index (χ3v) is 3.09. The first-order valence-electron chi connectivity index (χ1n) is 7.98. The van der Waals surface area contributed by atoms with Gasteiger partial charge in [-0.3, -0.25) is 0 Å². The lowest BCUT2D eigenvalue weighted by Crippen LogP contribution is -2.43. The van der Waals surface area contributed by atoms with Crippen LogP contribution >= 0.6 is 0 Å². The Balaban J connectivity index is 2.79. The number of aliphatic imine (C=N–C) groups is 1. The Bertz CT molecular complexity index is 492. The van der Waals surface area contributed by atoms with Gasteiger partial charge in [-0.1, -0.05) is 6.07 Å². The summed E-state index contributed by atoms with van der Waals surface area (Å²) >= 11 is 0. The Kier molecular flexibility index (Phi) is 8.90. The molecule has 1 aromatic carbocycles. The first-order valence-corrected chi connectivity index (χ1v) is 7.98. The summed E-state index contributed by atoms with van der Waals surface area (Å²) in [6, 6.07) is 6.05. The van der Waals surface area contributed by atoms with Gasteiger partial charge in [0.2, 0.25) is 0 Å². The van der Waals surface area contributed by atoms with Crippen molar-refractivity contribution < 1.29 is 14.2 Å². The highest BCUT2D eigenvalue weighted by atomic mass is 16.5. The molecule has 0 aromatic heterocycles. The van der Waals surface area contributed by atoms with Gasteiger partial charge in [-0.15, -0.1) is 0 Å². The van der Waals surface area contributed by atoms with Crippen LogP contribution in [0.3, 0.4) is 0 Å². The Labute approximate surface area is 139 Å². The fourth-order valence-corrected chi connectivity index (χ4v) is 2.10. The molecular formula is C17H29N3O3. The lowest BCUT2D eigenvalue weighted by molar-refractivity contribution is 0.179. The van der Waals surface area contributed by atoms with Crippen LogP contribution in [-0.4, -0.2) is 46.0 Å². The van der Waals surface area contributed by atoms with E-state index in [0.29, 0.717) is 19.8 Å². The van der Waals surface area contributed by atoms with Crippen LogP contribution in [0.5, 0.6) is 11.5 Å². The van der Waals surface area contributed by atoms with Crippen LogP contribution in [0.4, 0.5) is 0 Å². The number of ether oxygens (including phenoxy) is 3. The molecule has 0 fully saturated rings. The smallest absolute Gasteiger partial charge is 0.191 e. The number of benzene rings is 1. The zero-order valence-corrected chi connectivity index (χ0v) is 14.8. The van der Waals surface area contributed by atoms with E-state index in [1.165, 1.54) is 0 Å². The van der Waals surface area contributed by atoms with Gasteiger partial charge in [0.05, 0.1) is 26.9 Å². The van der Waals surface area contributed by atoms with Gasteiger partial charge in [0.25, 0.3) is 0 Å². The van der Waals surface area contributed by atoms with E-state index in [-0.39, 0.29) is 6.04 Å². The Morgan fingerprint density at radius 1 is 1.22 bits per heavy atom. The second-order valence-electron chi connectivity index (χ2n) is 5.11. The van der Waals surface area contributed by atoms with Crippen molar-refractivity contribution in [2.45, 2.75) is 33.4 Å². The molecular weight excluding hydrogens is 294 g/mol. The van der Waals surface area contributed by atoms with E-state index in [0.717, 1.165) is 29.6 Å². The Morgan fingerprint density at radius 3 is 2.61 bits per heavy atom. The van der Waals surface area contributed by atoms with Crippen LogP contribution in [0.1, 0.15) is 26.3 Å². The second kappa shape index (κ2) is 10.7. The van der Waals surface area contributed by atoms with Crippen LogP contribution in [0.2, 0.25) is 0 Å². The molecule has 6 heteroatoms. The van der Waals surface area contributed by atoms with Gasteiger partial charge in [0.15, 0.2) is 17.5 Å². The summed E-state index contributed by atoms with van der Waals surface area (Å²) in [5.41, 5.74) is 1.06. The zero-order valence-electron chi connectivity index (χ0n) is 14.8. The standard InChI is InChI=1S/C17H29N3O3/c1-6-18-17(20-13(3)12-21-4)19-11-14-8-9-15(22-5)16(10-14)23-7-2/h8-10,13H,6-7,11-12H2,1-5H3,(H2,18,19,20). The lowest BCUT2D eigenvalue weighted by Gasteiger charge is -2.17. The summed E-state index contributed by atoms with van der Waals surface area (Å²) in [5.74, 6) is 2.25. The minimum Gasteiger partial charge on any atom is -0.493 e. The molecule has 130 valence electrons. The molecule has 0 bridgehead atoms. The maximum absolute atomic E-state index is 5.60. The zero-order chi connectivity index (χ0) is 17.1. The minimum absolute atomic E-state index is 0.188. The van der Waals surface area contributed by atoms with Crippen molar-refractivity contribution in [3.8, 4) is 11.5 Å². The van der Waals surface area contributed by atoms with Crippen LogP contribution in [0.15, 0.2) is 23.2 Å². The van der Waals surface area contributed by atoms with Crippen LogP contribution in [0, 0.1) is 0 Å². The molecule has 1 unspecified atom stereocenters. The van der Waals surface area contributed by atoms with E-state index >= 15 is 0 Å². The Morgan fingerprint density at radius 2 is 2.00 bits per heavy atom. The lowest BCUT2D eigenvalue weighted by atomic mass is 10.2. The first-order chi connectivity index (χ1) is 11.1. The average Bonchev–Trinajstić information content (AvgIpc) is 2.53. The molecule has 0 aliphatic carbocycles. The summed E-state index contributed by atoms with van der Waals surface area (Å²) in [5, 5.41) is 6.54. The topological polar surface area (TPSA) is 64.1 Å². The highest BCUT2D eigenvalue weighted by Crippen LogP contribution is 2.28. The van der Waals surface area contributed by atoms with Crippen LogP contribution in [-0.2, 0) is 11.3 Å². The molecule has 6 nitrogen and oxygen atoms in total. The van der Waals surface area contributed by atoms with Gasteiger partial charge >= 0.3 is 0 Å². The SMILES string of the molecule is CCNC(=NCc1ccc(OC)c(OCC)c1)NC(C)COC. The van der Waals surface area contributed by atoms with Crippen molar-refractivity contribution >= 4 is 5.96 Å². The highest BCUT2D eigenvalue weighted by Gasteiger charge is 2.07. The van der Waals surface area contributed by atoms with Crippen molar-refractivity contribution in [2.24, 2.45) is 4.99 Å². The minimum atomic E-state index is 0.188. The molecule has 2 N–H and O–H groups in total. The monoisotopic (exact) mass is 323 g/mol. The molecule has 1 aromatic rings. The number of hydrogen-bond acceptors (Lipinski definition) is 4. The maximum Gasteiger partial charge on any atom is 0.191 e. The van der Waals surface area contributed by atoms with Crippen molar-refractivity contribution in [1.29, 1.82) is 0 Å². The normalized spacial score (nSPS) is 12.7. The highest BCUT2D eigenvalue weighted by molar-refractivity contribution is 5.80. The fraction of sp³-hybridized carbons (Fsp3) is 0.588. The summed E-state index contributed by atoms with van der Waals surface area (Å²) in [6.07, 6.45) is 0. The molecule has 0 amide bonds. The summed E-state index contributed by atoms with van der Waals surface area (Å²) in [7, 11) is 3.33. The summed E-state index contributed by atoms with van der Waals surface area (Å²) in [4.78, 5) is 4.61. The predicted octanol–water partition coefficient (Wildman–Crippen LogP) is 2.18. The second-order valence-corrected chi connectivity index (χ2v) is 5.11. The van der Waals surface area contributed by atoms with E-state index in [4.69, 9.17) is 14.2 Å². The van der Waals surface area contributed by atoms with Crippen LogP contribution in [0.25, 0.3) is 0 Å². The molecule has 1 rings (SSSR count). The van der Waals surface area contributed by atoms with Crippen molar-refractivity contribution in [2.75, 3.05) is 34.0 Å². The maximum atomic E-state index is 5.60. The molecule has 0 saturated carbocycles. The van der Waals surface area contributed by atoms with Gasteiger partial charge in [-0.25, -0.2) is 4.99 Å². The number of rotatable bonds is 9. The first kappa shape index (κ1) is 19.1. The number of nitrogens with zero attached hydrogens (tertiary/aromatic N) is 1. The molecule has 0 heterocycles. The largest absolute Gasteiger partial charge is 0.493 e. The molecule has 1 atom stereocenters. The van der Waals surface area contributed by atoms with Gasteiger partial charge in [0.1, 0.15) is 0 Å². The number of hydrogen-bond donors (Lipinski definition) is 2. The third-order valence-electron chi connectivity index (χ3n) is 3.09. The third kappa shape index (κ3) is 6.78. The van der Waals surface area contributed by atoms with Crippen LogP contribution < -0.4 is 20.1 Å². The molecule has 0 spiro atoms. The van der Waals surface area contributed by atoms with E-state index < -0.39 is 0 Å². The van der Waals surface area contributed by atoms with E-state index in [2.05, 4.69) is 22.5 Å². The number of guanidine groups is 1. The molecule has 0 saturated heterocycles. The van der Waals surface area contributed by atoms with E-state index in [9.17, 15) is 0 Å². The number of nitrogens with one attached hydrogen (secondary N) is 2. The van der Waals surface area contributed by atoms with Crippen molar-refractivity contribution in [3.05, 3.63) is 23.8 Å². The quantitative estimate of drug-likeness (QED) is 0.539. The van der Waals surface area contributed by atoms with E-state index in [1.807, 2.05) is 32.0 Å². The van der Waals surface area contributed by atoms with Gasteiger partial charge < -0.3 is 24.8 Å². The molecule has 0 radical (unpaired) electrons. The van der Waals surface area contributed by atoms with Gasteiger partial charge in [0, 0.05) is 19.7 Å². The van der Waals surface area contributed by atoms with Gasteiger partial charge in [-0.2, -0.15) is 0 Å². The number of methoxy groups -OCH3 is 2. The van der Waals surface area contributed by atoms with E-state index in [1.54, 1.807) is 14.2 Å². The molecule has 0 aliphatic rings. The van der Waals surface area contributed by atoms with Crippen molar-refractivity contribution in [1.82, 2.24) is 10.6 Å². The summed E-state index contributed by atoms with van der Waals surface area (Å²) < 4.78 is 16.0. The van der Waals surface area contributed by atoms with Crippen molar-refractivity contribution in [3.63, 3.8) is 0 Å².